The summed E-state index contributed by atoms with van der Waals surface area (Å²) in [5.41, 5.74) is 2.40. The highest BCUT2D eigenvalue weighted by atomic mass is 79.9. The third kappa shape index (κ3) is 4.02. The second-order valence-electron chi connectivity index (χ2n) is 4.94. The molecule has 21 heavy (non-hydrogen) atoms. The Balaban J connectivity index is 2.05. The SMILES string of the molecule is Cc1ccc(C(=O)C(=O)NC(C)c2ccc(Br)cc2)cc1. The lowest BCUT2D eigenvalue weighted by Gasteiger charge is -2.14. The molecule has 0 aliphatic heterocycles. The second kappa shape index (κ2) is 6.68. The number of Topliss-reactive ketones (excluding diaryl/α,β-unsaturated/α-hetero) is 1. The molecular formula is C17H16BrNO2. The topological polar surface area (TPSA) is 46.2 Å². The van der Waals surface area contributed by atoms with E-state index in [9.17, 15) is 9.59 Å². The standard InChI is InChI=1S/C17H16BrNO2/c1-11-3-5-14(6-4-11)16(20)17(21)19-12(2)13-7-9-15(18)10-8-13/h3-10,12H,1-2H3,(H,19,21). The Hall–Kier alpha value is -1.94. The summed E-state index contributed by atoms with van der Waals surface area (Å²) in [4.78, 5) is 24.1. The van der Waals surface area contributed by atoms with Gasteiger partial charge in [-0.15, -0.1) is 0 Å². The number of nitrogens with one attached hydrogen (secondary N) is 1. The molecule has 0 saturated carbocycles. The Bertz CT molecular complexity index is 647. The summed E-state index contributed by atoms with van der Waals surface area (Å²) >= 11 is 3.36. The molecule has 1 amide bonds. The zero-order chi connectivity index (χ0) is 15.4. The normalized spacial score (nSPS) is 11.8. The quantitative estimate of drug-likeness (QED) is 0.676. The smallest absolute Gasteiger partial charge is 0.292 e. The Morgan fingerprint density at radius 2 is 1.57 bits per heavy atom. The van der Waals surface area contributed by atoms with Gasteiger partial charge in [-0.05, 0) is 31.5 Å². The van der Waals surface area contributed by atoms with E-state index in [1.807, 2.05) is 50.2 Å². The minimum Gasteiger partial charge on any atom is -0.343 e. The molecule has 2 rings (SSSR count). The second-order valence-corrected chi connectivity index (χ2v) is 5.86. The molecule has 2 aromatic carbocycles. The van der Waals surface area contributed by atoms with Gasteiger partial charge in [0, 0.05) is 10.0 Å². The summed E-state index contributed by atoms with van der Waals surface area (Å²) in [6.07, 6.45) is 0. The summed E-state index contributed by atoms with van der Waals surface area (Å²) in [7, 11) is 0. The molecule has 3 nitrogen and oxygen atoms in total. The molecule has 0 fully saturated rings. The molecule has 1 N–H and O–H groups in total. The Morgan fingerprint density at radius 1 is 1.00 bits per heavy atom. The van der Waals surface area contributed by atoms with Crippen LogP contribution in [0.3, 0.4) is 0 Å². The fourth-order valence-corrected chi connectivity index (χ4v) is 2.20. The number of ketones is 1. The van der Waals surface area contributed by atoms with Crippen molar-refractivity contribution in [1.82, 2.24) is 5.32 Å². The number of halogens is 1. The minimum atomic E-state index is -0.589. The third-order valence-corrected chi connectivity index (χ3v) is 3.77. The maximum Gasteiger partial charge on any atom is 0.292 e. The van der Waals surface area contributed by atoms with E-state index in [2.05, 4.69) is 21.2 Å². The molecule has 108 valence electrons. The van der Waals surface area contributed by atoms with E-state index < -0.39 is 11.7 Å². The molecule has 0 bridgehead atoms. The van der Waals surface area contributed by atoms with Crippen LogP contribution in [0.25, 0.3) is 0 Å². The van der Waals surface area contributed by atoms with Gasteiger partial charge in [-0.2, -0.15) is 0 Å². The van der Waals surface area contributed by atoms with E-state index in [-0.39, 0.29) is 6.04 Å². The van der Waals surface area contributed by atoms with E-state index in [1.54, 1.807) is 12.1 Å². The first kappa shape index (κ1) is 15.4. The van der Waals surface area contributed by atoms with E-state index in [0.717, 1.165) is 15.6 Å². The maximum absolute atomic E-state index is 12.1. The lowest BCUT2D eigenvalue weighted by molar-refractivity contribution is -0.117. The molecule has 0 saturated heterocycles. The van der Waals surface area contributed by atoms with Crippen molar-refractivity contribution in [3.63, 3.8) is 0 Å². The van der Waals surface area contributed by atoms with Gasteiger partial charge >= 0.3 is 0 Å². The predicted octanol–water partition coefficient (Wildman–Crippen LogP) is 3.82. The number of amides is 1. The number of carbonyl (C=O) groups excluding carboxylic acids is 2. The first-order chi connectivity index (χ1) is 9.97. The molecule has 1 unspecified atom stereocenters. The maximum atomic E-state index is 12.1. The summed E-state index contributed by atoms with van der Waals surface area (Å²) in [6.45, 7) is 3.79. The Morgan fingerprint density at radius 3 is 2.14 bits per heavy atom. The molecule has 0 aromatic heterocycles. The van der Waals surface area contributed by atoms with Crippen molar-refractivity contribution in [3.8, 4) is 0 Å². The summed E-state index contributed by atoms with van der Waals surface area (Å²) in [6, 6.07) is 14.4. The lowest BCUT2D eigenvalue weighted by atomic mass is 10.1. The third-order valence-electron chi connectivity index (χ3n) is 3.24. The zero-order valence-electron chi connectivity index (χ0n) is 11.9. The van der Waals surface area contributed by atoms with E-state index in [4.69, 9.17) is 0 Å². The zero-order valence-corrected chi connectivity index (χ0v) is 13.5. The van der Waals surface area contributed by atoms with Crippen LogP contribution in [0.15, 0.2) is 53.0 Å². The van der Waals surface area contributed by atoms with Gasteiger partial charge in [0.05, 0.1) is 6.04 Å². The summed E-state index contributed by atoms with van der Waals surface area (Å²) in [5, 5.41) is 2.72. The molecule has 4 heteroatoms. The molecule has 2 aromatic rings. The lowest BCUT2D eigenvalue weighted by Crippen LogP contribution is -2.33. The van der Waals surface area contributed by atoms with Crippen LogP contribution in [0, 0.1) is 6.92 Å². The average Bonchev–Trinajstić information content (AvgIpc) is 2.47. The number of hydrogen-bond acceptors (Lipinski definition) is 2. The number of hydrogen-bond donors (Lipinski definition) is 1. The van der Waals surface area contributed by atoms with Crippen LogP contribution >= 0.6 is 15.9 Å². The van der Waals surface area contributed by atoms with Crippen LogP contribution in [0.4, 0.5) is 0 Å². The van der Waals surface area contributed by atoms with Gasteiger partial charge in [0.15, 0.2) is 0 Å². The predicted molar refractivity (Wildman–Crippen MR) is 86.2 cm³/mol. The monoisotopic (exact) mass is 345 g/mol. The van der Waals surface area contributed by atoms with Crippen molar-refractivity contribution < 1.29 is 9.59 Å². The van der Waals surface area contributed by atoms with E-state index in [1.165, 1.54) is 0 Å². The van der Waals surface area contributed by atoms with Crippen LogP contribution in [0.1, 0.15) is 34.5 Å². The van der Waals surface area contributed by atoms with Crippen LogP contribution < -0.4 is 5.32 Å². The number of aryl methyl sites for hydroxylation is 1. The fraction of sp³-hybridized carbons (Fsp3) is 0.176. The fourth-order valence-electron chi connectivity index (χ4n) is 1.93. The van der Waals surface area contributed by atoms with Crippen LogP contribution in [0.2, 0.25) is 0 Å². The van der Waals surface area contributed by atoms with Gasteiger partial charge in [-0.25, -0.2) is 0 Å². The molecule has 0 heterocycles. The van der Waals surface area contributed by atoms with Crippen LogP contribution in [-0.4, -0.2) is 11.7 Å². The molecule has 0 radical (unpaired) electrons. The summed E-state index contributed by atoms with van der Waals surface area (Å²) in [5.74, 6) is -1.10. The van der Waals surface area contributed by atoms with Crippen molar-refractivity contribution in [1.29, 1.82) is 0 Å². The molecule has 0 aliphatic rings. The van der Waals surface area contributed by atoms with E-state index >= 15 is 0 Å². The van der Waals surface area contributed by atoms with Crippen LogP contribution in [-0.2, 0) is 4.79 Å². The average molecular weight is 346 g/mol. The van der Waals surface area contributed by atoms with Gasteiger partial charge in [-0.1, -0.05) is 57.9 Å². The van der Waals surface area contributed by atoms with Crippen molar-refractivity contribution in [2.75, 3.05) is 0 Å². The first-order valence-electron chi connectivity index (χ1n) is 6.64. The number of rotatable bonds is 4. The highest BCUT2D eigenvalue weighted by Gasteiger charge is 2.18. The summed E-state index contributed by atoms with van der Waals surface area (Å²) < 4.78 is 0.973. The largest absolute Gasteiger partial charge is 0.343 e. The van der Waals surface area contributed by atoms with Gasteiger partial charge in [0.2, 0.25) is 5.78 Å². The van der Waals surface area contributed by atoms with Gasteiger partial charge in [0.1, 0.15) is 0 Å². The highest BCUT2D eigenvalue weighted by Crippen LogP contribution is 2.16. The number of benzene rings is 2. The van der Waals surface area contributed by atoms with Crippen molar-refractivity contribution in [2.24, 2.45) is 0 Å². The first-order valence-corrected chi connectivity index (χ1v) is 7.44. The Labute approximate surface area is 132 Å². The van der Waals surface area contributed by atoms with Gasteiger partial charge in [0.25, 0.3) is 5.91 Å². The molecule has 0 aliphatic carbocycles. The van der Waals surface area contributed by atoms with Gasteiger partial charge < -0.3 is 5.32 Å². The Kier molecular flexibility index (Phi) is 4.91. The molecule has 0 spiro atoms. The van der Waals surface area contributed by atoms with Crippen molar-refractivity contribution in [3.05, 3.63) is 69.7 Å². The van der Waals surface area contributed by atoms with E-state index in [0.29, 0.717) is 5.56 Å². The van der Waals surface area contributed by atoms with Crippen molar-refractivity contribution >= 4 is 27.6 Å². The van der Waals surface area contributed by atoms with Crippen molar-refractivity contribution in [2.45, 2.75) is 19.9 Å². The van der Waals surface area contributed by atoms with Crippen LogP contribution in [0.5, 0.6) is 0 Å². The minimum absolute atomic E-state index is 0.222. The number of carbonyl (C=O) groups is 2. The molecular weight excluding hydrogens is 330 g/mol. The highest BCUT2D eigenvalue weighted by molar-refractivity contribution is 9.10. The van der Waals surface area contributed by atoms with Gasteiger partial charge in [-0.3, -0.25) is 9.59 Å². The molecule has 1 atom stereocenters.